The van der Waals surface area contributed by atoms with Crippen molar-refractivity contribution in [1.29, 1.82) is 0 Å². The first kappa shape index (κ1) is 15.2. The summed E-state index contributed by atoms with van der Waals surface area (Å²) in [5, 5.41) is 11.8. The van der Waals surface area contributed by atoms with Gasteiger partial charge in [0.15, 0.2) is 0 Å². The van der Waals surface area contributed by atoms with Crippen LogP contribution in [-0.4, -0.2) is 11.0 Å². The molecule has 0 aliphatic rings. The van der Waals surface area contributed by atoms with Crippen LogP contribution in [0.1, 0.15) is 29.2 Å². The molecule has 0 aromatic heterocycles. The molecule has 1 unspecified atom stereocenters. The maximum atomic E-state index is 11.9. The van der Waals surface area contributed by atoms with Gasteiger partial charge in [-0.05, 0) is 16.7 Å². The lowest BCUT2D eigenvalue weighted by atomic mass is 10.0. The highest BCUT2D eigenvalue weighted by Crippen LogP contribution is 2.13. The second-order valence-electron chi connectivity index (χ2n) is 4.97. The van der Waals surface area contributed by atoms with E-state index in [9.17, 15) is 4.79 Å². The van der Waals surface area contributed by atoms with E-state index in [0.29, 0.717) is 6.54 Å². The minimum atomic E-state index is -0.289. The highest BCUT2D eigenvalue weighted by molar-refractivity contribution is 5.76. The summed E-state index contributed by atoms with van der Waals surface area (Å²) in [6.07, 6.45) is 0.263. The van der Waals surface area contributed by atoms with Gasteiger partial charge in [-0.15, -0.1) is 0 Å². The Balaban J connectivity index is 1.81. The van der Waals surface area contributed by atoms with Crippen LogP contribution >= 0.6 is 0 Å². The third kappa shape index (κ3) is 4.70. The molecule has 4 nitrogen and oxygen atoms in total. The summed E-state index contributed by atoms with van der Waals surface area (Å²) >= 11 is 0. The van der Waals surface area contributed by atoms with Crippen molar-refractivity contribution in [1.82, 2.24) is 5.32 Å². The Kier molecular flexibility index (Phi) is 5.49. The fraction of sp³-hybridized carbons (Fsp3) is 0.235. The zero-order chi connectivity index (χ0) is 15.1. The molecule has 21 heavy (non-hydrogen) atoms. The minimum absolute atomic E-state index is 0.0264. The van der Waals surface area contributed by atoms with Crippen molar-refractivity contribution in [3.05, 3.63) is 71.3 Å². The number of nitrogens with two attached hydrogens (primary N) is 1. The SMILES string of the molecule is NC(CC(=O)NCc1ccc(CO)cc1)c1ccccc1. The van der Waals surface area contributed by atoms with Gasteiger partial charge in [0.05, 0.1) is 6.61 Å². The molecule has 0 saturated heterocycles. The van der Waals surface area contributed by atoms with Gasteiger partial charge in [-0.2, -0.15) is 0 Å². The van der Waals surface area contributed by atoms with E-state index in [2.05, 4.69) is 5.32 Å². The summed E-state index contributed by atoms with van der Waals surface area (Å²) in [4.78, 5) is 11.9. The Bertz CT molecular complexity index is 567. The Morgan fingerprint density at radius 2 is 1.67 bits per heavy atom. The summed E-state index contributed by atoms with van der Waals surface area (Å²) in [6, 6.07) is 16.8. The van der Waals surface area contributed by atoms with Crippen molar-refractivity contribution in [2.75, 3.05) is 0 Å². The number of hydrogen-bond acceptors (Lipinski definition) is 3. The van der Waals surface area contributed by atoms with Crippen molar-refractivity contribution in [3.63, 3.8) is 0 Å². The van der Waals surface area contributed by atoms with Gasteiger partial charge >= 0.3 is 0 Å². The number of rotatable bonds is 6. The third-order valence-corrected chi connectivity index (χ3v) is 3.33. The maximum absolute atomic E-state index is 11.9. The quantitative estimate of drug-likeness (QED) is 0.758. The third-order valence-electron chi connectivity index (χ3n) is 3.33. The van der Waals surface area contributed by atoms with Crippen molar-refractivity contribution >= 4 is 5.91 Å². The number of amides is 1. The lowest BCUT2D eigenvalue weighted by Crippen LogP contribution is -2.27. The van der Waals surface area contributed by atoms with E-state index in [1.807, 2.05) is 54.6 Å². The van der Waals surface area contributed by atoms with E-state index >= 15 is 0 Å². The zero-order valence-corrected chi connectivity index (χ0v) is 11.8. The van der Waals surface area contributed by atoms with E-state index in [1.165, 1.54) is 0 Å². The molecule has 0 radical (unpaired) electrons. The minimum Gasteiger partial charge on any atom is -0.392 e. The summed E-state index contributed by atoms with van der Waals surface area (Å²) in [6.45, 7) is 0.491. The Morgan fingerprint density at radius 1 is 1.05 bits per heavy atom. The van der Waals surface area contributed by atoms with Crippen LogP contribution in [0, 0.1) is 0 Å². The summed E-state index contributed by atoms with van der Waals surface area (Å²) < 4.78 is 0. The lowest BCUT2D eigenvalue weighted by Gasteiger charge is -2.12. The van der Waals surface area contributed by atoms with Crippen LogP contribution in [0.15, 0.2) is 54.6 Å². The molecule has 4 heteroatoms. The zero-order valence-electron chi connectivity index (χ0n) is 11.8. The van der Waals surface area contributed by atoms with Crippen LogP contribution < -0.4 is 11.1 Å². The molecule has 0 fully saturated rings. The molecular weight excluding hydrogens is 264 g/mol. The van der Waals surface area contributed by atoms with Crippen LogP contribution in [0.4, 0.5) is 0 Å². The first-order valence-electron chi connectivity index (χ1n) is 6.95. The standard InChI is InChI=1S/C17H20N2O2/c18-16(15-4-2-1-3-5-15)10-17(21)19-11-13-6-8-14(12-20)9-7-13/h1-9,16,20H,10-12,18H2,(H,19,21). The molecule has 2 rings (SSSR count). The molecule has 0 spiro atoms. The van der Waals surface area contributed by atoms with E-state index in [4.69, 9.17) is 10.8 Å². The summed E-state index contributed by atoms with van der Waals surface area (Å²) in [7, 11) is 0. The van der Waals surface area contributed by atoms with Crippen LogP contribution in [0.2, 0.25) is 0 Å². The van der Waals surface area contributed by atoms with Gasteiger partial charge in [-0.25, -0.2) is 0 Å². The smallest absolute Gasteiger partial charge is 0.222 e. The van der Waals surface area contributed by atoms with Crippen molar-refractivity contribution < 1.29 is 9.90 Å². The van der Waals surface area contributed by atoms with Crippen LogP contribution in [0.3, 0.4) is 0 Å². The number of nitrogens with one attached hydrogen (secondary N) is 1. The van der Waals surface area contributed by atoms with Gasteiger partial charge in [-0.3, -0.25) is 4.79 Å². The van der Waals surface area contributed by atoms with Crippen molar-refractivity contribution in [3.8, 4) is 0 Å². The molecule has 1 atom stereocenters. The van der Waals surface area contributed by atoms with E-state index < -0.39 is 0 Å². The fourth-order valence-electron chi connectivity index (χ4n) is 2.05. The first-order chi connectivity index (χ1) is 10.2. The maximum Gasteiger partial charge on any atom is 0.222 e. The number of aliphatic hydroxyl groups excluding tert-OH is 1. The Morgan fingerprint density at radius 3 is 2.29 bits per heavy atom. The molecule has 0 aliphatic carbocycles. The van der Waals surface area contributed by atoms with Gasteiger partial charge in [0.25, 0.3) is 0 Å². The molecule has 0 saturated carbocycles. The van der Waals surface area contributed by atoms with Crippen LogP contribution in [0.25, 0.3) is 0 Å². The average Bonchev–Trinajstić information content (AvgIpc) is 2.54. The topological polar surface area (TPSA) is 75.4 Å². The first-order valence-corrected chi connectivity index (χ1v) is 6.95. The fourth-order valence-corrected chi connectivity index (χ4v) is 2.05. The molecule has 110 valence electrons. The van der Waals surface area contributed by atoms with Gasteiger partial charge < -0.3 is 16.2 Å². The molecule has 4 N–H and O–H groups in total. The highest BCUT2D eigenvalue weighted by atomic mass is 16.3. The van der Waals surface area contributed by atoms with Crippen molar-refractivity contribution in [2.45, 2.75) is 25.6 Å². The van der Waals surface area contributed by atoms with Gasteiger partial charge in [-0.1, -0.05) is 54.6 Å². The second kappa shape index (κ2) is 7.57. The molecule has 0 heterocycles. The normalized spacial score (nSPS) is 11.9. The predicted molar refractivity (Wildman–Crippen MR) is 82.2 cm³/mol. The summed E-state index contributed by atoms with van der Waals surface area (Å²) in [5.74, 6) is -0.0717. The Labute approximate surface area is 124 Å². The number of carbonyl (C=O) groups excluding carboxylic acids is 1. The molecule has 2 aromatic carbocycles. The number of benzene rings is 2. The second-order valence-corrected chi connectivity index (χ2v) is 4.97. The average molecular weight is 284 g/mol. The van der Waals surface area contributed by atoms with Gasteiger partial charge in [0.1, 0.15) is 0 Å². The molecule has 1 amide bonds. The number of carbonyl (C=O) groups is 1. The molecule has 0 bridgehead atoms. The van der Waals surface area contributed by atoms with E-state index in [0.717, 1.165) is 16.7 Å². The molecule has 2 aromatic rings. The summed E-state index contributed by atoms with van der Waals surface area (Å²) in [5.41, 5.74) is 8.82. The predicted octanol–water partition coefficient (Wildman–Crippen LogP) is 1.89. The monoisotopic (exact) mass is 284 g/mol. The highest BCUT2D eigenvalue weighted by Gasteiger charge is 2.10. The molecule has 0 aliphatic heterocycles. The van der Waals surface area contributed by atoms with E-state index in [-0.39, 0.29) is 25.0 Å². The van der Waals surface area contributed by atoms with Gasteiger partial charge in [0.2, 0.25) is 5.91 Å². The van der Waals surface area contributed by atoms with Crippen molar-refractivity contribution in [2.24, 2.45) is 5.73 Å². The number of aliphatic hydroxyl groups is 1. The van der Waals surface area contributed by atoms with E-state index in [1.54, 1.807) is 0 Å². The van der Waals surface area contributed by atoms with Gasteiger partial charge in [0, 0.05) is 19.0 Å². The number of hydrogen-bond donors (Lipinski definition) is 3. The lowest BCUT2D eigenvalue weighted by molar-refractivity contribution is -0.121. The van der Waals surface area contributed by atoms with Crippen LogP contribution in [0.5, 0.6) is 0 Å². The Hall–Kier alpha value is -2.17. The largest absolute Gasteiger partial charge is 0.392 e. The molecular formula is C17H20N2O2. The van der Waals surface area contributed by atoms with Crippen LogP contribution in [-0.2, 0) is 17.9 Å².